The molecule has 0 unspecified atom stereocenters. The monoisotopic (exact) mass is 408 g/mol. The third-order valence-electron chi connectivity index (χ3n) is 3.50. The van der Waals surface area contributed by atoms with Crippen LogP contribution in [0.2, 0.25) is 0 Å². The minimum atomic E-state index is -4.06. The van der Waals surface area contributed by atoms with E-state index in [1.165, 1.54) is 21.6 Å². The van der Waals surface area contributed by atoms with Crippen LogP contribution in [0.5, 0.6) is 0 Å². The Morgan fingerprint density at radius 3 is 2.36 bits per heavy atom. The maximum atomic E-state index is 10.9. The fraction of sp³-hybridized carbons (Fsp3) is 0.533. The zero-order valence-electron chi connectivity index (χ0n) is 13.7. The van der Waals surface area contributed by atoms with E-state index < -0.39 is 33.9 Å². The topological polar surface area (TPSA) is 144 Å². The Balaban J connectivity index is 2.59. The number of carbonyl (C=O) groups is 1. The first-order valence-electron chi connectivity index (χ1n) is 7.70. The molecular formula is C15H24N2O5S3. The number of aryl methyl sites for hydroxylation is 1. The average molecular weight is 409 g/mol. The molecule has 142 valence electrons. The number of hydrogen-bond donors (Lipinski definition) is 4. The Labute approximate surface area is 156 Å². The highest BCUT2D eigenvalue weighted by molar-refractivity contribution is 8.77. The third-order valence-corrected chi connectivity index (χ3v) is 7.28. The molecule has 0 heterocycles. The first-order chi connectivity index (χ1) is 11.7. The average Bonchev–Trinajstić information content (AvgIpc) is 2.55. The van der Waals surface area contributed by atoms with Crippen molar-refractivity contribution < 1.29 is 22.9 Å². The van der Waals surface area contributed by atoms with Gasteiger partial charge in [-0.2, -0.15) is 8.42 Å². The summed E-state index contributed by atoms with van der Waals surface area (Å²) in [5, 5.41) is 8.73. The third kappa shape index (κ3) is 10.1. The van der Waals surface area contributed by atoms with Crippen molar-refractivity contribution in [2.75, 3.05) is 11.5 Å². The molecule has 0 aliphatic carbocycles. The lowest BCUT2D eigenvalue weighted by Gasteiger charge is -2.23. The summed E-state index contributed by atoms with van der Waals surface area (Å²) >= 11 is 0. The van der Waals surface area contributed by atoms with Crippen LogP contribution in [0.3, 0.4) is 0 Å². The lowest BCUT2D eigenvalue weighted by molar-refractivity contribution is -0.137. The van der Waals surface area contributed by atoms with Crippen molar-refractivity contribution >= 4 is 37.7 Å². The molecule has 0 amide bonds. The molecule has 3 atom stereocenters. The fourth-order valence-corrected chi connectivity index (χ4v) is 5.55. The van der Waals surface area contributed by atoms with Gasteiger partial charge in [-0.05, 0) is 24.8 Å². The Morgan fingerprint density at radius 1 is 1.16 bits per heavy atom. The zero-order chi connectivity index (χ0) is 18.9. The van der Waals surface area contributed by atoms with E-state index in [0.29, 0.717) is 6.42 Å². The van der Waals surface area contributed by atoms with E-state index in [9.17, 15) is 13.2 Å². The Hall–Kier alpha value is -0.780. The molecule has 7 nitrogen and oxygen atoms in total. The van der Waals surface area contributed by atoms with Crippen molar-refractivity contribution in [1.29, 1.82) is 0 Å². The van der Waals surface area contributed by atoms with E-state index in [-0.39, 0.29) is 17.4 Å². The van der Waals surface area contributed by atoms with Gasteiger partial charge in [-0.3, -0.25) is 9.35 Å². The number of hydrogen-bond acceptors (Lipinski definition) is 7. The standard InChI is InChI=1S/C15H24N2O5S3/c16-12(8-9-25(20,21)22)14(24-23-10-13(17)15(18)19)7-6-11-4-2-1-3-5-11/h1-5,12-14H,6-10,16-17H2,(H,18,19)(H,20,21,22)/t12-,13-,14-/m0/s1. The van der Waals surface area contributed by atoms with Crippen molar-refractivity contribution in [2.24, 2.45) is 11.5 Å². The highest BCUT2D eigenvalue weighted by Crippen LogP contribution is 2.32. The van der Waals surface area contributed by atoms with E-state index in [1.54, 1.807) is 0 Å². The van der Waals surface area contributed by atoms with Crippen molar-refractivity contribution in [3.05, 3.63) is 35.9 Å². The van der Waals surface area contributed by atoms with Gasteiger partial charge >= 0.3 is 5.97 Å². The molecule has 6 N–H and O–H groups in total. The lowest BCUT2D eigenvalue weighted by Crippen LogP contribution is -2.35. The molecule has 0 spiro atoms. The minimum Gasteiger partial charge on any atom is -0.480 e. The van der Waals surface area contributed by atoms with Gasteiger partial charge in [0.1, 0.15) is 6.04 Å². The quantitative estimate of drug-likeness (QED) is 0.298. The van der Waals surface area contributed by atoms with Gasteiger partial charge < -0.3 is 16.6 Å². The maximum absolute atomic E-state index is 10.9. The summed E-state index contributed by atoms with van der Waals surface area (Å²) in [4.78, 5) is 10.8. The number of benzene rings is 1. The molecule has 1 aromatic rings. The first kappa shape index (κ1) is 22.3. The molecule has 0 aromatic heterocycles. The smallest absolute Gasteiger partial charge is 0.321 e. The summed E-state index contributed by atoms with van der Waals surface area (Å²) in [6.45, 7) is 0. The number of carboxylic acids is 1. The van der Waals surface area contributed by atoms with Gasteiger partial charge in [0.25, 0.3) is 10.1 Å². The molecule has 0 fully saturated rings. The van der Waals surface area contributed by atoms with Crippen molar-refractivity contribution in [3.8, 4) is 0 Å². The van der Waals surface area contributed by atoms with Gasteiger partial charge in [0, 0.05) is 17.0 Å². The largest absolute Gasteiger partial charge is 0.480 e. The molecule has 0 saturated carbocycles. The fourth-order valence-electron chi connectivity index (χ4n) is 2.03. The van der Waals surface area contributed by atoms with Crippen LogP contribution in [-0.2, 0) is 21.3 Å². The maximum Gasteiger partial charge on any atom is 0.321 e. The normalized spacial score (nSPS) is 15.5. The molecule has 1 aromatic carbocycles. The summed E-state index contributed by atoms with van der Waals surface area (Å²) in [5.41, 5.74) is 12.7. The summed E-state index contributed by atoms with van der Waals surface area (Å²) in [6, 6.07) is 8.41. The van der Waals surface area contributed by atoms with Crippen LogP contribution in [0.15, 0.2) is 30.3 Å². The second-order valence-corrected chi connectivity index (χ2v) is 9.85. The van der Waals surface area contributed by atoms with E-state index in [1.807, 2.05) is 30.3 Å². The molecular weight excluding hydrogens is 384 g/mol. The van der Waals surface area contributed by atoms with Gasteiger partial charge in [0.2, 0.25) is 0 Å². The van der Waals surface area contributed by atoms with Crippen LogP contribution < -0.4 is 11.5 Å². The van der Waals surface area contributed by atoms with Crippen LogP contribution in [0.25, 0.3) is 0 Å². The van der Waals surface area contributed by atoms with Crippen LogP contribution >= 0.6 is 21.6 Å². The summed E-state index contributed by atoms with van der Waals surface area (Å²) in [6.07, 6.45) is 1.61. The Kier molecular flexibility index (Phi) is 9.83. The highest BCUT2D eigenvalue weighted by Gasteiger charge is 2.22. The van der Waals surface area contributed by atoms with E-state index >= 15 is 0 Å². The second kappa shape index (κ2) is 11.0. The predicted molar refractivity (Wildman–Crippen MR) is 103 cm³/mol. The molecule has 0 saturated heterocycles. The van der Waals surface area contributed by atoms with Gasteiger partial charge in [0.05, 0.1) is 5.75 Å². The van der Waals surface area contributed by atoms with Crippen LogP contribution in [0, 0.1) is 0 Å². The summed E-state index contributed by atoms with van der Waals surface area (Å²) in [5.74, 6) is -1.23. The Bertz CT molecular complexity index is 627. The van der Waals surface area contributed by atoms with Crippen molar-refractivity contribution in [1.82, 2.24) is 0 Å². The van der Waals surface area contributed by atoms with Crippen LogP contribution in [0.1, 0.15) is 18.4 Å². The number of nitrogens with two attached hydrogens (primary N) is 2. The van der Waals surface area contributed by atoms with Gasteiger partial charge in [-0.25, -0.2) is 0 Å². The Morgan fingerprint density at radius 2 is 1.80 bits per heavy atom. The summed E-state index contributed by atoms with van der Waals surface area (Å²) in [7, 11) is -1.33. The number of rotatable bonds is 12. The van der Waals surface area contributed by atoms with E-state index in [0.717, 1.165) is 12.0 Å². The molecule has 0 radical (unpaired) electrons. The first-order valence-corrected chi connectivity index (χ1v) is 11.7. The molecule has 0 bridgehead atoms. The van der Waals surface area contributed by atoms with E-state index in [2.05, 4.69) is 0 Å². The minimum absolute atomic E-state index is 0.0899. The second-order valence-electron chi connectivity index (χ2n) is 5.63. The molecule has 0 aliphatic heterocycles. The molecule has 25 heavy (non-hydrogen) atoms. The van der Waals surface area contributed by atoms with Crippen LogP contribution in [0.4, 0.5) is 0 Å². The zero-order valence-corrected chi connectivity index (χ0v) is 16.1. The van der Waals surface area contributed by atoms with Crippen molar-refractivity contribution in [2.45, 2.75) is 36.6 Å². The SMILES string of the molecule is N[C@@H](CSS[C@@H](CCc1ccccc1)[C@@H](N)CCS(=O)(=O)O)C(=O)O. The lowest BCUT2D eigenvalue weighted by atomic mass is 10.0. The van der Waals surface area contributed by atoms with Crippen molar-refractivity contribution in [3.63, 3.8) is 0 Å². The van der Waals surface area contributed by atoms with Gasteiger partial charge in [-0.15, -0.1) is 0 Å². The van der Waals surface area contributed by atoms with E-state index in [4.69, 9.17) is 21.1 Å². The summed E-state index contributed by atoms with van der Waals surface area (Å²) < 4.78 is 30.7. The van der Waals surface area contributed by atoms with Gasteiger partial charge in [0.15, 0.2) is 0 Å². The predicted octanol–water partition coefficient (Wildman–Crippen LogP) is 1.39. The van der Waals surface area contributed by atoms with Crippen LogP contribution in [-0.4, -0.2) is 52.9 Å². The van der Waals surface area contributed by atoms with Gasteiger partial charge in [-0.1, -0.05) is 51.9 Å². The molecule has 1 rings (SSSR count). The number of aliphatic carboxylic acids is 1. The highest BCUT2D eigenvalue weighted by atomic mass is 33.1. The molecule has 0 aliphatic rings. The number of carboxylic acid groups (broad SMARTS) is 1. The molecule has 10 heteroatoms.